The van der Waals surface area contributed by atoms with Crippen LogP contribution in [-0.2, 0) is 24.3 Å². The monoisotopic (exact) mass is 863 g/mol. The number of alkyl halides is 2. The highest BCUT2D eigenvalue weighted by Gasteiger charge is 2.57. The Bertz CT molecular complexity index is 2570. The third-order valence-electron chi connectivity index (χ3n) is 13.4. The molecule has 4 amide bonds. The predicted octanol–water partition coefficient (Wildman–Crippen LogP) is 6.64. The summed E-state index contributed by atoms with van der Waals surface area (Å²) in [6.45, 7) is 3.28. The number of hydrogen-bond donors (Lipinski definition) is 3. The van der Waals surface area contributed by atoms with Crippen molar-refractivity contribution in [1.82, 2.24) is 40.0 Å². The zero-order chi connectivity index (χ0) is 42.8. The Hall–Kier alpha value is -5.71. The topological polar surface area (TPSA) is 143 Å². The summed E-state index contributed by atoms with van der Waals surface area (Å²) >= 11 is 6.45. The zero-order valence-corrected chi connectivity index (χ0v) is 35.2. The van der Waals surface area contributed by atoms with Crippen molar-refractivity contribution >= 4 is 58.0 Å². The molecule has 1 saturated carbocycles. The minimum absolute atomic E-state index is 0.184. The van der Waals surface area contributed by atoms with Crippen LogP contribution in [0, 0.1) is 5.41 Å². The number of pyridine rings is 1. The maximum atomic E-state index is 16.2. The molecular formula is C45H48ClF2N11O3. The summed E-state index contributed by atoms with van der Waals surface area (Å²) in [6.07, 6.45) is 7.56. The lowest BCUT2D eigenvalue weighted by molar-refractivity contribution is -0.189. The van der Waals surface area contributed by atoms with Crippen LogP contribution in [0.15, 0.2) is 67.0 Å². The number of nitrogens with zero attached hydrogens (tertiary/aromatic N) is 8. The third-order valence-corrected chi connectivity index (χ3v) is 13.7. The summed E-state index contributed by atoms with van der Waals surface area (Å²) in [5.74, 6) is -2.64. The fraction of sp³-hybridized carbons (Fsp3) is 0.422. The molecule has 1 aliphatic carbocycles. The van der Waals surface area contributed by atoms with Crippen molar-refractivity contribution in [3.05, 3.63) is 94.4 Å². The number of urea groups is 1. The van der Waals surface area contributed by atoms with E-state index in [2.05, 4.69) is 42.9 Å². The van der Waals surface area contributed by atoms with Crippen molar-refractivity contribution in [3.63, 3.8) is 0 Å². The van der Waals surface area contributed by atoms with Gasteiger partial charge in [-0.05, 0) is 99.1 Å². The van der Waals surface area contributed by atoms with E-state index in [4.69, 9.17) is 21.7 Å². The SMILES string of the molecule is CNc1cc(N2CCc3c(-c4ccc(CN5CCC6(CCN(Cc7ccc(Cl)c(N8CCC(=O)NC8=O)c7)CC6)C(F)(F)C5)cn4)cccc32)nn2c(C(=O)NC3CC3)cnc12. The van der Waals surface area contributed by atoms with Gasteiger partial charge in [0.15, 0.2) is 17.2 Å². The summed E-state index contributed by atoms with van der Waals surface area (Å²) < 4.78 is 34.0. The van der Waals surface area contributed by atoms with Gasteiger partial charge in [0.1, 0.15) is 0 Å². The molecule has 7 heterocycles. The quantitative estimate of drug-likeness (QED) is 0.140. The summed E-state index contributed by atoms with van der Waals surface area (Å²) in [4.78, 5) is 54.2. The van der Waals surface area contributed by atoms with Crippen molar-refractivity contribution in [2.75, 3.05) is 61.4 Å². The van der Waals surface area contributed by atoms with Gasteiger partial charge in [0, 0.05) is 74.6 Å². The van der Waals surface area contributed by atoms with E-state index in [1.807, 2.05) is 54.5 Å². The van der Waals surface area contributed by atoms with Crippen molar-refractivity contribution in [2.45, 2.75) is 70.0 Å². The zero-order valence-electron chi connectivity index (χ0n) is 34.5. The van der Waals surface area contributed by atoms with Crippen LogP contribution in [0.1, 0.15) is 65.7 Å². The number of carbonyl (C=O) groups excluding carboxylic acids is 3. The van der Waals surface area contributed by atoms with E-state index in [-0.39, 0.29) is 37.4 Å². The lowest BCUT2D eigenvalue weighted by Crippen LogP contribution is -2.58. The molecule has 62 heavy (non-hydrogen) atoms. The fourth-order valence-corrected chi connectivity index (χ4v) is 9.87. The number of piperidine rings is 2. The minimum Gasteiger partial charge on any atom is -0.385 e. The van der Waals surface area contributed by atoms with Crippen LogP contribution in [-0.4, -0.2) is 106 Å². The van der Waals surface area contributed by atoms with Gasteiger partial charge >= 0.3 is 6.03 Å². The Kier molecular flexibility index (Phi) is 10.3. The highest BCUT2D eigenvalue weighted by atomic mass is 35.5. The maximum Gasteiger partial charge on any atom is 0.328 e. The molecule has 0 atom stereocenters. The Morgan fingerprint density at radius 1 is 0.871 bits per heavy atom. The van der Waals surface area contributed by atoms with E-state index in [0.717, 1.165) is 58.6 Å². The number of aromatic nitrogens is 4. The number of fused-ring (bicyclic) bond motifs is 2. The van der Waals surface area contributed by atoms with Gasteiger partial charge in [0.2, 0.25) is 5.91 Å². The Morgan fingerprint density at radius 3 is 2.37 bits per heavy atom. The molecule has 2 aromatic carbocycles. The summed E-state index contributed by atoms with van der Waals surface area (Å²) in [6, 6.07) is 17.3. The lowest BCUT2D eigenvalue weighted by atomic mass is 9.68. The second-order valence-electron chi connectivity index (χ2n) is 17.3. The van der Waals surface area contributed by atoms with Crippen molar-refractivity contribution in [3.8, 4) is 11.3 Å². The molecule has 14 nitrogen and oxygen atoms in total. The Labute approximate surface area is 362 Å². The highest BCUT2D eigenvalue weighted by molar-refractivity contribution is 6.34. The molecule has 4 fully saturated rings. The van der Waals surface area contributed by atoms with E-state index in [9.17, 15) is 14.4 Å². The normalized spacial score (nSPS) is 20.1. The number of benzene rings is 2. The van der Waals surface area contributed by atoms with Crippen LogP contribution in [0.5, 0.6) is 0 Å². The highest BCUT2D eigenvalue weighted by Crippen LogP contribution is 2.51. The number of hydrogen-bond acceptors (Lipinski definition) is 10. The maximum absolute atomic E-state index is 16.2. The molecule has 0 radical (unpaired) electrons. The number of rotatable bonds is 10. The first kappa shape index (κ1) is 40.4. The molecule has 3 saturated heterocycles. The second kappa shape index (κ2) is 15.9. The molecular weight excluding hydrogens is 816 g/mol. The van der Waals surface area contributed by atoms with Crippen molar-refractivity contribution < 1.29 is 23.2 Å². The molecule has 10 rings (SSSR count). The number of amides is 4. The van der Waals surface area contributed by atoms with Crippen molar-refractivity contribution in [2.24, 2.45) is 5.41 Å². The van der Waals surface area contributed by atoms with Crippen LogP contribution in [0.25, 0.3) is 16.9 Å². The first-order chi connectivity index (χ1) is 30.0. The molecule has 17 heteroatoms. The predicted molar refractivity (Wildman–Crippen MR) is 232 cm³/mol. The number of nitrogens with one attached hydrogen (secondary N) is 3. The lowest BCUT2D eigenvalue weighted by Gasteiger charge is -2.51. The number of imidazole rings is 1. The first-order valence-electron chi connectivity index (χ1n) is 21.4. The number of halogens is 3. The number of likely N-dealkylation sites (tertiary alicyclic amines) is 2. The molecule has 5 aliphatic rings. The van der Waals surface area contributed by atoms with E-state index in [0.29, 0.717) is 86.4 Å². The van der Waals surface area contributed by atoms with Gasteiger partial charge < -0.3 is 15.5 Å². The van der Waals surface area contributed by atoms with Gasteiger partial charge in [-0.2, -0.15) is 0 Å². The Balaban J connectivity index is 0.776. The number of carbonyl (C=O) groups is 3. The molecule has 4 aliphatic heterocycles. The van der Waals surface area contributed by atoms with Gasteiger partial charge in [-0.1, -0.05) is 35.9 Å². The van der Waals surface area contributed by atoms with Gasteiger partial charge in [0.05, 0.1) is 34.8 Å². The standard InChI is InChI=1S/C45H48ClF2N11O3/c1-49-35-22-39(54-59-38(24-51-41(35)59)42(61)52-30-7-8-30)57-16-11-32-31(3-2-4-36(32)57)34-10-6-29(23-50-34)26-56-20-15-44(45(47,48)27-56)13-18-55(19-14-44)25-28-5-9-33(46)37(21-28)58-17-12-40(60)53-43(58)62/h2-6,9-10,21-24,30,49H,7-8,11-20,25-27H2,1H3,(H,52,61)(H,53,60,62). The van der Waals surface area contributed by atoms with Crippen LogP contribution < -0.4 is 25.8 Å². The average Bonchev–Trinajstić information content (AvgIpc) is 3.79. The van der Waals surface area contributed by atoms with Crippen LogP contribution in [0.4, 0.5) is 36.5 Å². The Morgan fingerprint density at radius 2 is 1.63 bits per heavy atom. The molecule has 0 unspecified atom stereocenters. The summed E-state index contributed by atoms with van der Waals surface area (Å²) in [5.41, 5.74) is 7.05. The van der Waals surface area contributed by atoms with Gasteiger partial charge in [-0.25, -0.2) is 23.1 Å². The van der Waals surface area contributed by atoms with E-state index in [1.54, 1.807) is 16.8 Å². The summed E-state index contributed by atoms with van der Waals surface area (Å²) in [7, 11) is 1.83. The third kappa shape index (κ3) is 7.51. The second-order valence-corrected chi connectivity index (χ2v) is 17.7. The van der Waals surface area contributed by atoms with E-state index < -0.39 is 17.4 Å². The molecule has 3 N–H and O–H groups in total. The number of anilines is 4. The van der Waals surface area contributed by atoms with E-state index >= 15 is 8.78 Å². The number of imide groups is 1. The van der Waals surface area contributed by atoms with E-state index in [1.165, 1.54) is 4.90 Å². The minimum atomic E-state index is -2.84. The molecule has 3 aromatic heterocycles. The van der Waals surface area contributed by atoms with Crippen LogP contribution in [0.2, 0.25) is 5.02 Å². The molecule has 0 bridgehead atoms. The molecule has 1 spiro atoms. The van der Waals surface area contributed by atoms with Crippen LogP contribution in [0.3, 0.4) is 0 Å². The fourth-order valence-electron chi connectivity index (χ4n) is 9.65. The summed E-state index contributed by atoms with van der Waals surface area (Å²) in [5, 5.41) is 13.9. The average molecular weight is 864 g/mol. The molecule has 322 valence electrons. The van der Waals surface area contributed by atoms with Crippen molar-refractivity contribution in [1.29, 1.82) is 0 Å². The first-order valence-corrected chi connectivity index (χ1v) is 21.8. The van der Waals surface area contributed by atoms with Gasteiger partial charge in [0.25, 0.3) is 11.8 Å². The van der Waals surface area contributed by atoms with Gasteiger partial charge in [-0.15, -0.1) is 5.10 Å². The largest absolute Gasteiger partial charge is 0.385 e. The molecule has 5 aromatic rings. The van der Waals surface area contributed by atoms with Crippen LogP contribution >= 0.6 is 11.6 Å². The smallest absolute Gasteiger partial charge is 0.328 e. The van der Waals surface area contributed by atoms with Gasteiger partial charge in [-0.3, -0.25) is 34.6 Å².